The molecule has 1 aromatic rings. The molecule has 1 aliphatic rings. The molecule has 2 rings (SSSR count). The van der Waals surface area contributed by atoms with Crippen molar-refractivity contribution in [2.45, 2.75) is 53.4 Å². The van der Waals surface area contributed by atoms with Crippen LogP contribution in [0, 0.1) is 18.3 Å². The first kappa shape index (κ1) is 17.1. The van der Waals surface area contributed by atoms with E-state index in [1.165, 1.54) is 0 Å². The Bertz CT molecular complexity index is 589. The quantitative estimate of drug-likeness (QED) is 0.716. The number of aryl methyl sites for hydroxylation is 1. The van der Waals surface area contributed by atoms with Gasteiger partial charge < -0.3 is 5.32 Å². The number of carbonyl (C=O) groups excluding carboxylic acids is 1. The van der Waals surface area contributed by atoms with Gasteiger partial charge in [-0.2, -0.15) is 0 Å². The average Bonchev–Trinajstić information content (AvgIpc) is 2.49. The number of hydrogen-bond donors (Lipinski definition) is 1. The van der Waals surface area contributed by atoms with E-state index in [-0.39, 0.29) is 11.2 Å². The van der Waals surface area contributed by atoms with Crippen molar-refractivity contribution in [1.29, 1.82) is 0 Å². The number of benzene rings is 1. The zero-order chi connectivity index (χ0) is 16.3. The number of anilines is 1. The number of Topliss-reactive ketones (excluding diaryl/α,β-unsaturated/α-hetero) is 1. The van der Waals surface area contributed by atoms with Gasteiger partial charge in [0.05, 0.1) is 0 Å². The number of nitrogens with one attached hydrogen (secondary N) is 1. The molecule has 120 valence electrons. The highest BCUT2D eigenvalue weighted by molar-refractivity contribution is 6.30. The number of carbonyl (C=O) groups is 1. The van der Waals surface area contributed by atoms with Gasteiger partial charge in [0.2, 0.25) is 0 Å². The van der Waals surface area contributed by atoms with Crippen molar-refractivity contribution in [3.8, 4) is 0 Å². The van der Waals surface area contributed by atoms with Crippen molar-refractivity contribution in [2.75, 3.05) is 5.32 Å². The molecule has 1 aliphatic carbocycles. The van der Waals surface area contributed by atoms with Gasteiger partial charge in [-0.3, -0.25) is 4.79 Å². The van der Waals surface area contributed by atoms with Crippen LogP contribution in [0.3, 0.4) is 0 Å². The topological polar surface area (TPSA) is 29.1 Å². The minimum absolute atomic E-state index is 0.273. The van der Waals surface area contributed by atoms with E-state index in [4.69, 9.17) is 11.6 Å². The molecule has 0 aliphatic heterocycles. The summed E-state index contributed by atoms with van der Waals surface area (Å²) >= 11 is 6.04. The van der Waals surface area contributed by atoms with Gasteiger partial charge >= 0.3 is 0 Å². The normalized spacial score (nSPS) is 21.2. The van der Waals surface area contributed by atoms with Crippen molar-refractivity contribution < 1.29 is 4.79 Å². The van der Waals surface area contributed by atoms with Gasteiger partial charge in [-0.25, -0.2) is 0 Å². The van der Waals surface area contributed by atoms with Crippen LogP contribution in [0.2, 0.25) is 5.02 Å². The van der Waals surface area contributed by atoms with Crippen LogP contribution >= 0.6 is 11.6 Å². The lowest BCUT2D eigenvalue weighted by Crippen LogP contribution is -2.29. The third-order valence-corrected chi connectivity index (χ3v) is 5.40. The third kappa shape index (κ3) is 3.92. The van der Waals surface area contributed by atoms with Crippen LogP contribution in [0.25, 0.3) is 0 Å². The SMILES string of the molecule is CCC(C)(C)[C@@H]1CCC(=O)/C(=C/Nc2cc(Cl)ccc2C)C1. The van der Waals surface area contributed by atoms with Crippen LogP contribution in [0.1, 0.15) is 52.0 Å². The fourth-order valence-electron chi connectivity index (χ4n) is 2.96. The summed E-state index contributed by atoms with van der Waals surface area (Å²) in [5.74, 6) is 0.846. The van der Waals surface area contributed by atoms with Gasteiger partial charge in [-0.15, -0.1) is 0 Å². The van der Waals surface area contributed by atoms with E-state index < -0.39 is 0 Å². The summed E-state index contributed by atoms with van der Waals surface area (Å²) in [5, 5.41) is 3.98. The van der Waals surface area contributed by atoms with Crippen LogP contribution < -0.4 is 5.32 Å². The predicted molar refractivity (Wildman–Crippen MR) is 94.3 cm³/mol. The molecule has 0 heterocycles. The molecule has 1 aromatic carbocycles. The Morgan fingerprint density at radius 2 is 2.14 bits per heavy atom. The van der Waals surface area contributed by atoms with Crippen LogP contribution in [0.15, 0.2) is 30.0 Å². The maximum absolute atomic E-state index is 12.2. The molecule has 1 fully saturated rings. The number of rotatable bonds is 4. The van der Waals surface area contributed by atoms with Crippen molar-refractivity contribution in [3.63, 3.8) is 0 Å². The van der Waals surface area contributed by atoms with Crippen molar-refractivity contribution >= 4 is 23.1 Å². The first-order valence-electron chi connectivity index (χ1n) is 8.08. The Balaban J connectivity index is 2.15. The van der Waals surface area contributed by atoms with Crippen LogP contribution in [0.5, 0.6) is 0 Å². The molecule has 0 amide bonds. The molecule has 1 N–H and O–H groups in total. The minimum atomic E-state index is 0.273. The van der Waals surface area contributed by atoms with E-state index in [9.17, 15) is 4.79 Å². The van der Waals surface area contributed by atoms with E-state index >= 15 is 0 Å². The van der Waals surface area contributed by atoms with Crippen LogP contribution in [-0.4, -0.2) is 5.78 Å². The van der Waals surface area contributed by atoms with Gasteiger partial charge in [-0.05, 0) is 48.8 Å². The van der Waals surface area contributed by atoms with Gasteiger partial charge in [0.1, 0.15) is 0 Å². The van der Waals surface area contributed by atoms with Crippen LogP contribution in [0.4, 0.5) is 5.69 Å². The first-order valence-corrected chi connectivity index (χ1v) is 8.46. The lowest BCUT2D eigenvalue weighted by molar-refractivity contribution is -0.117. The third-order valence-electron chi connectivity index (χ3n) is 5.16. The number of allylic oxidation sites excluding steroid dienone is 1. The largest absolute Gasteiger partial charge is 0.361 e. The molecule has 0 spiro atoms. The summed E-state index contributed by atoms with van der Waals surface area (Å²) in [6.07, 6.45) is 5.56. The summed E-state index contributed by atoms with van der Waals surface area (Å²) in [6.45, 7) is 8.87. The molecule has 0 aromatic heterocycles. The summed E-state index contributed by atoms with van der Waals surface area (Å²) in [5.41, 5.74) is 3.28. The molecule has 2 nitrogen and oxygen atoms in total. The van der Waals surface area contributed by atoms with E-state index in [1.54, 1.807) is 0 Å². The van der Waals surface area contributed by atoms with E-state index in [0.29, 0.717) is 17.4 Å². The summed E-state index contributed by atoms with van der Waals surface area (Å²) < 4.78 is 0. The summed E-state index contributed by atoms with van der Waals surface area (Å²) in [4.78, 5) is 12.2. The van der Waals surface area contributed by atoms with Gasteiger partial charge in [0.15, 0.2) is 5.78 Å². The summed E-state index contributed by atoms with van der Waals surface area (Å²) in [7, 11) is 0. The highest BCUT2D eigenvalue weighted by atomic mass is 35.5. The average molecular weight is 320 g/mol. The monoisotopic (exact) mass is 319 g/mol. The highest BCUT2D eigenvalue weighted by Crippen LogP contribution is 2.41. The fourth-order valence-corrected chi connectivity index (χ4v) is 3.13. The Kier molecular flexibility index (Phi) is 5.33. The molecule has 0 bridgehead atoms. The Morgan fingerprint density at radius 3 is 2.82 bits per heavy atom. The number of ketones is 1. The molecule has 0 unspecified atom stereocenters. The molecule has 1 saturated carbocycles. The fraction of sp³-hybridized carbons (Fsp3) is 0.526. The van der Waals surface area contributed by atoms with E-state index in [0.717, 1.165) is 36.1 Å². The molecule has 1 atom stereocenters. The van der Waals surface area contributed by atoms with Crippen molar-refractivity contribution in [2.24, 2.45) is 11.3 Å². The number of halogens is 1. The standard InChI is InChI=1S/C19H26ClNO/c1-5-19(3,4)15-7-9-18(22)14(10-15)12-21-17-11-16(20)8-6-13(17)2/h6,8,11-12,15,21H,5,7,9-10H2,1-4H3/b14-12+/t15-/m1/s1. The van der Waals surface area contributed by atoms with E-state index in [1.807, 2.05) is 31.3 Å². The van der Waals surface area contributed by atoms with Crippen LogP contribution in [-0.2, 0) is 4.79 Å². The second-order valence-corrected chi connectivity index (χ2v) is 7.41. The molecular formula is C19H26ClNO. The lowest BCUT2D eigenvalue weighted by atomic mass is 9.68. The lowest BCUT2D eigenvalue weighted by Gasteiger charge is -2.36. The molecule has 0 saturated heterocycles. The second-order valence-electron chi connectivity index (χ2n) is 6.98. The van der Waals surface area contributed by atoms with E-state index in [2.05, 4.69) is 26.1 Å². The Labute approximate surface area is 138 Å². The Hall–Kier alpha value is -1.28. The Morgan fingerprint density at radius 1 is 1.41 bits per heavy atom. The van der Waals surface area contributed by atoms with Gasteiger partial charge in [0.25, 0.3) is 0 Å². The smallest absolute Gasteiger partial charge is 0.160 e. The molecule has 3 heteroatoms. The predicted octanol–water partition coefficient (Wildman–Crippen LogP) is 5.75. The maximum Gasteiger partial charge on any atom is 0.160 e. The zero-order valence-electron chi connectivity index (χ0n) is 14.0. The van der Waals surface area contributed by atoms with Gasteiger partial charge in [0, 0.05) is 28.9 Å². The minimum Gasteiger partial charge on any atom is -0.361 e. The zero-order valence-corrected chi connectivity index (χ0v) is 14.8. The molecular weight excluding hydrogens is 294 g/mol. The maximum atomic E-state index is 12.2. The molecule has 22 heavy (non-hydrogen) atoms. The highest BCUT2D eigenvalue weighted by Gasteiger charge is 2.33. The summed E-state index contributed by atoms with van der Waals surface area (Å²) in [6, 6.07) is 5.75. The van der Waals surface area contributed by atoms with Gasteiger partial charge in [-0.1, -0.05) is 44.9 Å². The number of hydrogen-bond acceptors (Lipinski definition) is 2. The van der Waals surface area contributed by atoms with Crippen molar-refractivity contribution in [1.82, 2.24) is 0 Å². The van der Waals surface area contributed by atoms with Crippen molar-refractivity contribution in [3.05, 3.63) is 40.6 Å². The first-order chi connectivity index (χ1) is 10.3. The second kappa shape index (κ2) is 6.87. The molecule has 0 radical (unpaired) electrons.